The number of aryl methyl sites for hydroxylation is 1. The van der Waals surface area contributed by atoms with Gasteiger partial charge in [-0.15, -0.1) is 10.2 Å². The van der Waals surface area contributed by atoms with Gasteiger partial charge in [-0.1, -0.05) is 41.2 Å². The van der Waals surface area contributed by atoms with Crippen molar-refractivity contribution in [2.45, 2.75) is 25.7 Å². The summed E-state index contributed by atoms with van der Waals surface area (Å²) in [4.78, 5) is 23.8. The summed E-state index contributed by atoms with van der Waals surface area (Å²) in [5, 5.41) is 11.7. The summed E-state index contributed by atoms with van der Waals surface area (Å²) < 4.78 is 0. The predicted molar refractivity (Wildman–Crippen MR) is 76.0 cm³/mol. The van der Waals surface area contributed by atoms with Crippen LogP contribution in [0.25, 0.3) is 0 Å². The first-order valence-electron chi connectivity index (χ1n) is 6.39. The maximum absolute atomic E-state index is 12.0. The zero-order chi connectivity index (χ0) is 14.1. The fourth-order valence-corrected chi connectivity index (χ4v) is 2.68. The Balaban J connectivity index is 1.68. The van der Waals surface area contributed by atoms with Crippen molar-refractivity contribution < 1.29 is 9.59 Å². The van der Waals surface area contributed by atoms with Crippen molar-refractivity contribution in [3.05, 3.63) is 40.4 Å². The van der Waals surface area contributed by atoms with Crippen LogP contribution in [-0.2, 0) is 4.79 Å². The summed E-state index contributed by atoms with van der Waals surface area (Å²) in [6.07, 6.45) is 2.26. The monoisotopic (exact) mass is 287 g/mol. The summed E-state index contributed by atoms with van der Waals surface area (Å²) in [6.45, 7) is 1.93. The molecule has 1 aliphatic rings. The number of benzene rings is 1. The predicted octanol–water partition coefficient (Wildman–Crippen LogP) is 2.55. The highest BCUT2D eigenvalue weighted by atomic mass is 32.1. The van der Waals surface area contributed by atoms with Crippen molar-refractivity contribution in [1.82, 2.24) is 10.2 Å². The Morgan fingerprint density at radius 2 is 1.90 bits per heavy atom. The van der Waals surface area contributed by atoms with E-state index in [0.717, 1.165) is 23.4 Å². The Bertz CT molecular complexity index is 659. The number of nitrogens with one attached hydrogen (secondary N) is 1. The lowest BCUT2D eigenvalue weighted by Crippen LogP contribution is -2.22. The molecule has 0 saturated heterocycles. The average molecular weight is 287 g/mol. The quantitative estimate of drug-likeness (QED) is 0.693. The number of anilines is 1. The van der Waals surface area contributed by atoms with Crippen molar-refractivity contribution >= 4 is 28.2 Å². The molecule has 1 N–H and O–H groups in total. The molecule has 102 valence electrons. The molecule has 1 heterocycles. The van der Waals surface area contributed by atoms with E-state index < -0.39 is 11.7 Å². The first kappa shape index (κ1) is 12.9. The van der Waals surface area contributed by atoms with Crippen molar-refractivity contribution in [2.75, 3.05) is 5.32 Å². The maximum Gasteiger partial charge on any atom is 0.298 e. The Morgan fingerprint density at radius 3 is 2.55 bits per heavy atom. The summed E-state index contributed by atoms with van der Waals surface area (Å²) in [5.41, 5.74) is 1.42. The van der Waals surface area contributed by atoms with Gasteiger partial charge in [0.1, 0.15) is 5.01 Å². The molecule has 1 aromatic carbocycles. The number of rotatable bonds is 4. The molecule has 6 heteroatoms. The first-order valence-corrected chi connectivity index (χ1v) is 7.21. The van der Waals surface area contributed by atoms with Gasteiger partial charge in [0.2, 0.25) is 5.13 Å². The normalized spacial score (nSPS) is 14.1. The van der Waals surface area contributed by atoms with Crippen molar-refractivity contribution in [2.24, 2.45) is 0 Å². The van der Waals surface area contributed by atoms with Gasteiger partial charge >= 0.3 is 0 Å². The Labute approximate surface area is 120 Å². The summed E-state index contributed by atoms with van der Waals surface area (Å²) in [6, 6.07) is 6.90. The molecule has 1 fully saturated rings. The van der Waals surface area contributed by atoms with Gasteiger partial charge in [-0.2, -0.15) is 0 Å². The molecule has 0 unspecified atom stereocenters. The molecular weight excluding hydrogens is 274 g/mol. The second-order valence-corrected chi connectivity index (χ2v) is 5.88. The molecule has 3 rings (SSSR count). The highest BCUT2D eigenvalue weighted by Gasteiger charge is 2.28. The molecule has 0 spiro atoms. The third kappa shape index (κ3) is 2.75. The third-order valence-corrected chi connectivity index (χ3v) is 4.11. The van der Waals surface area contributed by atoms with Crippen LogP contribution >= 0.6 is 11.3 Å². The highest BCUT2D eigenvalue weighted by Crippen LogP contribution is 2.42. The smallest absolute Gasteiger partial charge is 0.294 e. The SMILES string of the molecule is Cc1ccc(C(=O)C(=O)Nc2nnc(C3CC3)s2)cc1. The molecule has 0 radical (unpaired) electrons. The number of Topliss-reactive ketones (excluding diaryl/α,β-unsaturated/α-hetero) is 1. The van der Waals surface area contributed by atoms with Crippen molar-refractivity contribution in [1.29, 1.82) is 0 Å². The number of carbonyl (C=O) groups excluding carboxylic acids is 2. The maximum atomic E-state index is 12.0. The number of nitrogens with zero attached hydrogens (tertiary/aromatic N) is 2. The highest BCUT2D eigenvalue weighted by molar-refractivity contribution is 7.15. The van der Waals surface area contributed by atoms with Gasteiger partial charge in [0.25, 0.3) is 11.7 Å². The van der Waals surface area contributed by atoms with Gasteiger partial charge in [-0.05, 0) is 19.8 Å². The lowest BCUT2D eigenvalue weighted by Gasteiger charge is -2.01. The van der Waals surface area contributed by atoms with E-state index in [0.29, 0.717) is 16.6 Å². The molecule has 1 saturated carbocycles. The van der Waals surface area contributed by atoms with Gasteiger partial charge in [0.05, 0.1) is 0 Å². The lowest BCUT2D eigenvalue weighted by molar-refractivity contribution is -0.112. The number of hydrogen-bond acceptors (Lipinski definition) is 5. The van der Waals surface area contributed by atoms with E-state index in [4.69, 9.17) is 0 Å². The van der Waals surface area contributed by atoms with Crippen LogP contribution < -0.4 is 5.32 Å². The number of aromatic nitrogens is 2. The molecule has 1 amide bonds. The molecule has 0 bridgehead atoms. The summed E-state index contributed by atoms with van der Waals surface area (Å²) >= 11 is 1.34. The fraction of sp³-hybridized carbons (Fsp3) is 0.286. The zero-order valence-electron chi connectivity index (χ0n) is 10.9. The molecule has 20 heavy (non-hydrogen) atoms. The minimum atomic E-state index is -0.674. The van der Waals surface area contributed by atoms with Crippen LogP contribution in [0.15, 0.2) is 24.3 Å². The van der Waals surface area contributed by atoms with Crippen LogP contribution in [0.3, 0.4) is 0 Å². The number of carbonyl (C=O) groups is 2. The molecule has 5 nitrogen and oxygen atoms in total. The van der Waals surface area contributed by atoms with E-state index in [9.17, 15) is 9.59 Å². The summed E-state index contributed by atoms with van der Waals surface area (Å²) in [7, 11) is 0. The third-order valence-electron chi connectivity index (χ3n) is 3.11. The van der Waals surface area contributed by atoms with Crippen LogP contribution in [0, 0.1) is 6.92 Å². The van der Waals surface area contributed by atoms with E-state index in [1.54, 1.807) is 24.3 Å². The van der Waals surface area contributed by atoms with E-state index in [2.05, 4.69) is 15.5 Å². The first-order chi connectivity index (χ1) is 9.63. The minimum absolute atomic E-state index is 0.375. The number of hydrogen-bond donors (Lipinski definition) is 1. The van der Waals surface area contributed by atoms with Crippen LogP contribution in [0.4, 0.5) is 5.13 Å². The Hall–Kier alpha value is -2.08. The van der Waals surface area contributed by atoms with Gasteiger partial charge in [-0.3, -0.25) is 14.9 Å². The van der Waals surface area contributed by atoms with Crippen molar-refractivity contribution in [3.8, 4) is 0 Å². The van der Waals surface area contributed by atoms with Crippen LogP contribution in [-0.4, -0.2) is 21.9 Å². The minimum Gasteiger partial charge on any atom is -0.294 e. The van der Waals surface area contributed by atoms with Crippen molar-refractivity contribution in [3.63, 3.8) is 0 Å². The molecule has 2 aromatic rings. The Morgan fingerprint density at radius 1 is 1.20 bits per heavy atom. The lowest BCUT2D eigenvalue weighted by atomic mass is 10.1. The van der Waals surface area contributed by atoms with Crippen LogP contribution in [0.1, 0.15) is 39.7 Å². The molecular formula is C14H13N3O2S. The van der Waals surface area contributed by atoms with Crippen LogP contribution in [0.5, 0.6) is 0 Å². The van der Waals surface area contributed by atoms with E-state index in [-0.39, 0.29) is 0 Å². The fourth-order valence-electron chi connectivity index (χ4n) is 1.77. The zero-order valence-corrected chi connectivity index (χ0v) is 11.7. The van der Waals surface area contributed by atoms with Gasteiger partial charge in [-0.25, -0.2) is 0 Å². The second kappa shape index (κ2) is 5.13. The van der Waals surface area contributed by atoms with E-state index in [1.165, 1.54) is 11.3 Å². The molecule has 0 aliphatic heterocycles. The van der Waals surface area contributed by atoms with Gasteiger partial charge in [0, 0.05) is 11.5 Å². The Kier molecular flexibility index (Phi) is 3.31. The topological polar surface area (TPSA) is 72.0 Å². The number of amides is 1. The molecule has 0 atom stereocenters. The van der Waals surface area contributed by atoms with Gasteiger partial charge in [0.15, 0.2) is 0 Å². The molecule has 1 aliphatic carbocycles. The largest absolute Gasteiger partial charge is 0.298 e. The summed E-state index contributed by atoms with van der Waals surface area (Å²) in [5.74, 6) is -0.744. The average Bonchev–Trinajstić information content (AvgIpc) is 3.20. The second-order valence-electron chi connectivity index (χ2n) is 4.87. The van der Waals surface area contributed by atoms with Crippen LogP contribution in [0.2, 0.25) is 0 Å². The van der Waals surface area contributed by atoms with Gasteiger partial charge < -0.3 is 0 Å². The van der Waals surface area contributed by atoms with E-state index >= 15 is 0 Å². The molecule has 1 aromatic heterocycles. The number of ketones is 1. The standard InChI is InChI=1S/C14H13N3O2S/c1-8-2-4-9(5-3-8)11(18)12(19)15-14-17-16-13(20-14)10-6-7-10/h2-5,10H,6-7H2,1H3,(H,15,17,19). The van der Waals surface area contributed by atoms with E-state index in [1.807, 2.05) is 6.92 Å².